The van der Waals surface area contributed by atoms with Crippen LogP contribution < -0.4 is 14.9 Å². The molecule has 0 amide bonds. The Hall–Kier alpha value is -3.95. The highest BCUT2D eigenvalue weighted by atomic mass is 32.2. The van der Waals surface area contributed by atoms with E-state index in [1.165, 1.54) is 45.4 Å². The quantitative estimate of drug-likeness (QED) is 0.249. The van der Waals surface area contributed by atoms with E-state index in [4.69, 9.17) is 15.6 Å². The first-order chi connectivity index (χ1) is 16.0. The van der Waals surface area contributed by atoms with Crippen molar-refractivity contribution < 1.29 is 22.8 Å². The molecule has 3 aromatic rings. The van der Waals surface area contributed by atoms with Gasteiger partial charge in [0, 0.05) is 17.8 Å². The lowest BCUT2D eigenvalue weighted by Crippen LogP contribution is -2.28. The first kappa shape index (κ1) is 24.7. The van der Waals surface area contributed by atoms with Gasteiger partial charge in [-0.2, -0.15) is 9.78 Å². The highest BCUT2D eigenvalue weighted by molar-refractivity contribution is 7.86. The Kier molecular flexibility index (Phi) is 7.19. The highest BCUT2D eigenvalue weighted by Crippen LogP contribution is 2.28. The number of halogens is 2. The molecule has 1 unspecified atom stereocenters. The first-order valence-corrected chi connectivity index (χ1v) is 10.8. The summed E-state index contributed by atoms with van der Waals surface area (Å²) in [6.45, 7) is 2.92. The fourth-order valence-electron chi connectivity index (χ4n) is 2.62. The predicted molar refractivity (Wildman–Crippen MR) is 121 cm³/mol. The van der Waals surface area contributed by atoms with Gasteiger partial charge in [0.05, 0.1) is 17.7 Å². The fourth-order valence-corrected chi connectivity index (χ4v) is 3.51. The van der Waals surface area contributed by atoms with E-state index in [2.05, 4.69) is 26.6 Å². The number of anilines is 1. The molecular weight excluding hydrogens is 466 g/mol. The number of hydrogen-bond acceptors (Lipinski definition) is 7. The Morgan fingerprint density at radius 2 is 2.00 bits per heavy atom. The van der Waals surface area contributed by atoms with Crippen molar-refractivity contribution in [3.8, 4) is 29.0 Å². The second-order valence-corrected chi connectivity index (χ2v) is 8.58. The third kappa shape index (κ3) is 5.89. The minimum Gasteiger partial charge on any atom is -0.480 e. The Morgan fingerprint density at radius 3 is 2.65 bits per heavy atom. The molecule has 3 rings (SSSR count). The third-order valence-corrected chi connectivity index (χ3v) is 5.31. The van der Waals surface area contributed by atoms with E-state index in [0.717, 1.165) is 16.8 Å². The molecule has 1 atom stereocenters. The van der Waals surface area contributed by atoms with Gasteiger partial charge < -0.3 is 9.84 Å². The maximum Gasteiger partial charge on any atom is 0.238 e. The van der Waals surface area contributed by atoms with Crippen molar-refractivity contribution in [1.29, 1.82) is 10.8 Å². The minimum atomic E-state index is -2.10. The van der Waals surface area contributed by atoms with Crippen LogP contribution >= 0.6 is 0 Å². The van der Waals surface area contributed by atoms with E-state index in [1.54, 1.807) is 0 Å². The van der Waals surface area contributed by atoms with E-state index >= 15 is 0 Å². The molecule has 12 heteroatoms. The van der Waals surface area contributed by atoms with E-state index < -0.39 is 28.2 Å². The van der Waals surface area contributed by atoms with Gasteiger partial charge in [-0.1, -0.05) is 5.92 Å². The molecular formula is C22H20F2N6O3S. The Morgan fingerprint density at radius 1 is 1.26 bits per heavy atom. The minimum absolute atomic E-state index is 0.0633. The molecule has 34 heavy (non-hydrogen) atoms. The van der Waals surface area contributed by atoms with Crippen LogP contribution in [-0.2, 0) is 11.0 Å². The lowest BCUT2D eigenvalue weighted by Gasteiger charge is -2.12. The number of rotatable bonds is 5. The van der Waals surface area contributed by atoms with Crippen LogP contribution in [0.3, 0.4) is 0 Å². The second kappa shape index (κ2) is 9.90. The zero-order chi connectivity index (χ0) is 25.0. The van der Waals surface area contributed by atoms with Gasteiger partial charge in [0.15, 0.2) is 11.0 Å². The molecule has 0 radical (unpaired) electrons. The molecule has 2 aromatic heterocycles. The van der Waals surface area contributed by atoms with Crippen molar-refractivity contribution in [3.05, 3.63) is 59.7 Å². The van der Waals surface area contributed by atoms with Crippen LogP contribution in [0.1, 0.15) is 13.8 Å². The van der Waals surface area contributed by atoms with E-state index in [0.29, 0.717) is 17.3 Å². The van der Waals surface area contributed by atoms with Crippen molar-refractivity contribution in [1.82, 2.24) is 14.8 Å². The van der Waals surface area contributed by atoms with Gasteiger partial charge in [-0.05, 0) is 50.1 Å². The maximum absolute atomic E-state index is 14.0. The summed E-state index contributed by atoms with van der Waals surface area (Å²) in [5.41, 5.74) is -0.611. The smallest absolute Gasteiger partial charge is 0.238 e. The van der Waals surface area contributed by atoms with E-state index in [1.807, 2.05) is 0 Å². The molecule has 4 N–H and O–H groups in total. The average molecular weight is 487 g/mol. The molecule has 1 aromatic carbocycles. The fraction of sp³-hybridized carbons (Fsp3) is 0.182. The topological polar surface area (TPSA) is 137 Å². The molecule has 176 valence electrons. The number of nitrogens with one attached hydrogen (secondary N) is 3. The lowest BCUT2D eigenvalue weighted by molar-refractivity contribution is 0.143. The molecule has 2 heterocycles. The molecule has 0 aliphatic rings. The van der Waals surface area contributed by atoms with Crippen molar-refractivity contribution in [2.24, 2.45) is 0 Å². The first-order valence-electron chi connectivity index (χ1n) is 9.66. The Balaban J connectivity index is 1.98. The summed E-state index contributed by atoms with van der Waals surface area (Å²) < 4.78 is 48.6. The van der Waals surface area contributed by atoms with Crippen LogP contribution in [0.5, 0.6) is 5.88 Å². The Labute approximate surface area is 196 Å². The molecule has 0 saturated heterocycles. The monoisotopic (exact) mass is 486 g/mol. The van der Waals surface area contributed by atoms with Crippen LogP contribution in [0.4, 0.5) is 14.5 Å². The summed E-state index contributed by atoms with van der Waals surface area (Å²) >= 11 is 0. The van der Waals surface area contributed by atoms with Crippen LogP contribution in [0.2, 0.25) is 0 Å². The standard InChI is InChI=1S/C22H20F2N6O3S/c1-22(2,31)9-8-20(26)30-19(25)7-5-16(28-30)13-10-17(21(33-3)27-12-13)29-34(32)18-6-4-14(23)11-15(18)24/h4-7,10-12,25-26,29,31H,1-3H3. The van der Waals surface area contributed by atoms with Gasteiger partial charge in [-0.25, -0.2) is 18.0 Å². The molecule has 9 nitrogen and oxygen atoms in total. The summed E-state index contributed by atoms with van der Waals surface area (Å²) in [5.74, 6) is 2.90. The van der Waals surface area contributed by atoms with Crippen LogP contribution in [0.25, 0.3) is 11.3 Å². The summed E-state index contributed by atoms with van der Waals surface area (Å²) in [5, 5.41) is 30.1. The predicted octanol–water partition coefficient (Wildman–Crippen LogP) is 2.45. The van der Waals surface area contributed by atoms with Gasteiger partial charge in [0.25, 0.3) is 0 Å². The number of ether oxygens (including phenoxy) is 1. The third-order valence-electron chi connectivity index (χ3n) is 4.17. The summed E-state index contributed by atoms with van der Waals surface area (Å²) in [4.78, 5) is 3.88. The molecule has 0 aliphatic heterocycles. The number of aromatic nitrogens is 3. The number of hydrogen-bond donors (Lipinski definition) is 4. The summed E-state index contributed by atoms with van der Waals surface area (Å²) in [6.07, 6.45) is 1.41. The number of pyridine rings is 1. The van der Waals surface area contributed by atoms with Crippen molar-refractivity contribution in [3.63, 3.8) is 0 Å². The van der Waals surface area contributed by atoms with E-state index in [9.17, 15) is 18.1 Å². The van der Waals surface area contributed by atoms with Gasteiger partial charge >= 0.3 is 0 Å². The normalized spacial score (nSPS) is 11.8. The number of aliphatic hydroxyl groups is 1. The molecule has 0 aliphatic carbocycles. The van der Waals surface area contributed by atoms with Gasteiger partial charge in [0.1, 0.15) is 28.4 Å². The van der Waals surface area contributed by atoms with Gasteiger partial charge in [-0.3, -0.25) is 15.5 Å². The number of nitrogens with zero attached hydrogens (tertiary/aromatic N) is 3. The number of methoxy groups -OCH3 is 1. The molecule has 0 spiro atoms. The second-order valence-electron chi connectivity index (χ2n) is 7.40. The highest BCUT2D eigenvalue weighted by Gasteiger charge is 2.16. The lowest BCUT2D eigenvalue weighted by atomic mass is 10.1. The van der Waals surface area contributed by atoms with Gasteiger partial charge in [-0.15, -0.1) is 0 Å². The average Bonchev–Trinajstić information content (AvgIpc) is 2.77. The summed E-state index contributed by atoms with van der Waals surface area (Å²) in [6, 6.07) is 7.08. The largest absolute Gasteiger partial charge is 0.480 e. The SMILES string of the molecule is COc1ncc(-c2ccc(=N)n(C(=N)C#CC(C)(C)O)n2)cc1NS(=O)c1ccc(F)cc1F. The van der Waals surface area contributed by atoms with Crippen LogP contribution in [0, 0.1) is 34.3 Å². The van der Waals surface area contributed by atoms with E-state index in [-0.39, 0.29) is 27.8 Å². The summed E-state index contributed by atoms with van der Waals surface area (Å²) in [7, 11) is -0.755. The molecule has 0 bridgehead atoms. The van der Waals surface area contributed by atoms with Crippen molar-refractivity contribution in [2.75, 3.05) is 11.8 Å². The maximum atomic E-state index is 14.0. The van der Waals surface area contributed by atoms with Crippen LogP contribution in [-0.4, -0.2) is 42.6 Å². The molecule has 0 saturated carbocycles. The zero-order valence-electron chi connectivity index (χ0n) is 18.3. The Bertz CT molecular complexity index is 1410. The number of benzene rings is 1. The zero-order valence-corrected chi connectivity index (χ0v) is 19.1. The van der Waals surface area contributed by atoms with Crippen molar-refractivity contribution in [2.45, 2.75) is 24.3 Å². The van der Waals surface area contributed by atoms with Gasteiger partial charge in [0.2, 0.25) is 11.7 Å². The molecule has 0 fully saturated rings. The van der Waals surface area contributed by atoms with Crippen molar-refractivity contribution >= 4 is 22.5 Å². The van der Waals surface area contributed by atoms with Crippen LogP contribution in [0.15, 0.2) is 47.5 Å².